The number of carbonyl (C=O) groups is 1. The maximum absolute atomic E-state index is 13.8. The SMILES string of the molecule is COc1ccccc1C1CNCCN1CCC(=O)Nc1ccc(Cl)cc1F.Cl. The third-order valence-corrected chi connectivity index (χ3v) is 4.92. The van der Waals surface area contributed by atoms with Gasteiger partial charge < -0.3 is 15.4 Å². The zero-order chi connectivity index (χ0) is 19.2. The summed E-state index contributed by atoms with van der Waals surface area (Å²) in [4.78, 5) is 14.5. The molecule has 1 heterocycles. The molecule has 1 unspecified atom stereocenters. The number of halogens is 3. The summed E-state index contributed by atoms with van der Waals surface area (Å²) in [5, 5.41) is 6.31. The van der Waals surface area contributed by atoms with E-state index in [2.05, 4.69) is 15.5 Å². The van der Waals surface area contributed by atoms with E-state index in [1.165, 1.54) is 12.1 Å². The van der Waals surface area contributed by atoms with Crippen molar-refractivity contribution in [3.8, 4) is 5.75 Å². The minimum atomic E-state index is -0.537. The number of ether oxygens (including phenoxy) is 1. The number of para-hydroxylation sites is 1. The van der Waals surface area contributed by atoms with Crippen molar-refractivity contribution in [1.29, 1.82) is 0 Å². The molecule has 8 heteroatoms. The van der Waals surface area contributed by atoms with E-state index in [9.17, 15) is 9.18 Å². The van der Waals surface area contributed by atoms with Gasteiger partial charge in [-0.25, -0.2) is 4.39 Å². The smallest absolute Gasteiger partial charge is 0.225 e. The molecule has 1 atom stereocenters. The third kappa shape index (κ3) is 5.58. The number of rotatable bonds is 6. The lowest BCUT2D eigenvalue weighted by Gasteiger charge is -2.37. The quantitative estimate of drug-likeness (QED) is 0.734. The molecular formula is C20H24Cl2FN3O2. The minimum absolute atomic E-state index is 0. The van der Waals surface area contributed by atoms with Gasteiger partial charge in [0.2, 0.25) is 5.91 Å². The van der Waals surface area contributed by atoms with Crippen LogP contribution in [-0.4, -0.2) is 44.1 Å². The summed E-state index contributed by atoms with van der Waals surface area (Å²) < 4.78 is 19.3. The molecule has 1 aliphatic heterocycles. The lowest BCUT2D eigenvalue weighted by Crippen LogP contribution is -2.46. The van der Waals surface area contributed by atoms with Gasteiger partial charge in [-0.3, -0.25) is 9.69 Å². The van der Waals surface area contributed by atoms with Crippen molar-refractivity contribution in [2.75, 3.05) is 38.6 Å². The monoisotopic (exact) mass is 427 g/mol. The zero-order valence-corrected chi connectivity index (χ0v) is 17.2. The largest absolute Gasteiger partial charge is 0.496 e. The molecule has 1 saturated heterocycles. The Hall–Kier alpha value is -1.86. The highest BCUT2D eigenvalue weighted by atomic mass is 35.5. The number of nitrogens with one attached hydrogen (secondary N) is 2. The summed E-state index contributed by atoms with van der Waals surface area (Å²) in [6.07, 6.45) is 0.272. The first-order valence-electron chi connectivity index (χ1n) is 8.91. The molecule has 2 aromatic rings. The van der Waals surface area contributed by atoms with Crippen LogP contribution in [0.25, 0.3) is 0 Å². The van der Waals surface area contributed by atoms with Crippen molar-refractivity contribution in [1.82, 2.24) is 10.2 Å². The minimum Gasteiger partial charge on any atom is -0.496 e. The van der Waals surface area contributed by atoms with E-state index in [4.69, 9.17) is 16.3 Å². The Kier molecular flexibility index (Phi) is 8.51. The summed E-state index contributed by atoms with van der Waals surface area (Å²) >= 11 is 5.74. The zero-order valence-electron chi connectivity index (χ0n) is 15.6. The normalized spacial score (nSPS) is 16.9. The average Bonchev–Trinajstić information content (AvgIpc) is 2.69. The van der Waals surface area contributed by atoms with Gasteiger partial charge in [0.05, 0.1) is 18.8 Å². The van der Waals surface area contributed by atoms with E-state index >= 15 is 0 Å². The molecule has 0 spiro atoms. The highest BCUT2D eigenvalue weighted by Gasteiger charge is 2.26. The molecule has 0 radical (unpaired) electrons. The molecule has 1 fully saturated rings. The average molecular weight is 428 g/mol. The Balaban J connectivity index is 0.00000280. The predicted octanol–water partition coefficient (Wildman–Crippen LogP) is 3.88. The number of benzene rings is 2. The molecule has 152 valence electrons. The van der Waals surface area contributed by atoms with Crippen molar-refractivity contribution in [2.24, 2.45) is 0 Å². The number of hydrogen-bond donors (Lipinski definition) is 2. The first-order valence-corrected chi connectivity index (χ1v) is 9.29. The van der Waals surface area contributed by atoms with E-state index in [-0.39, 0.29) is 36.5 Å². The maximum atomic E-state index is 13.8. The third-order valence-electron chi connectivity index (χ3n) is 4.68. The summed E-state index contributed by atoms with van der Waals surface area (Å²) in [5.41, 5.74) is 1.24. The summed E-state index contributed by atoms with van der Waals surface area (Å²) in [6.45, 7) is 3.05. The first kappa shape index (κ1) is 22.4. The van der Waals surface area contributed by atoms with Gasteiger partial charge in [-0.05, 0) is 24.3 Å². The van der Waals surface area contributed by atoms with E-state index in [1.54, 1.807) is 13.2 Å². The molecule has 3 rings (SSSR count). The fraction of sp³-hybridized carbons (Fsp3) is 0.350. The van der Waals surface area contributed by atoms with Gasteiger partial charge in [-0.1, -0.05) is 29.8 Å². The van der Waals surface area contributed by atoms with Crippen LogP contribution in [0, 0.1) is 5.82 Å². The van der Waals surface area contributed by atoms with Crippen LogP contribution in [0.15, 0.2) is 42.5 Å². The second-order valence-corrected chi connectivity index (χ2v) is 6.86. The van der Waals surface area contributed by atoms with Crippen LogP contribution in [0.5, 0.6) is 5.75 Å². The number of carbonyl (C=O) groups excluding carboxylic acids is 1. The van der Waals surface area contributed by atoms with E-state index < -0.39 is 5.82 Å². The molecule has 0 saturated carbocycles. The molecule has 2 N–H and O–H groups in total. The van der Waals surface area contributed by atoms with Crippen LogP contribution in [0.4, 0.5) is 10.1 Å². The highest BCUT2D eigenvalue weighted by molar-refractivity contribution is 6.30. The number of anilines is 1. The van der Waals surface area contributed by atoms with E-state index in [0.29, 0.717) is 11.6 Å². The molecule has 0 bridgehead atoms. The van der Waals surface area contributed by atoms with Gasteiger partial charge in [0.25, 0.3) is 0 Å². The topological polar surface area (TPSA) is 53.6 Å². The molecule has 1 aliphatic rings. The maximum Gasteiger partial charge on any atom is 0.225 e. The van der Waals surface area contributed by atoms with Crippen LogP contribution < -0.4 is 15.4 Å². The lowest BCUT2D eigenvalue weighted by molar-refractivity contribution is -0.116. The molecule has 1 amide bonds. The molecule has 0 aliphatic carbocycles. The van der Waals surface area contributed by atoms with E-state index in [0.717, 1.165) is 30.9 Å². The Morgan fingerprint density at radius 1 is 1.36 bits per heavy atom. The van der Waals surface area contributed by atoms with Gasteiger partial charge in [-0.2, -0.15) is 0 Å². The Morgan fingerprint density at radius 3 is 2.89 bits per heavy atom. The van der Waals surface area contributed by atoms with Gasteiger partial charge >= 0.3 is 0 Å². The van der Waals surface area contributed by atoms with Gasteiger partial charge in [-0.15, -0.1) is 12.4 Å². The Labute approximate surface area is 175 Å². The van der Waals surface area contributed by atoms with Crippen molar-refractivity contribution in [3.63, 3.8) is 0 Å². The van der Waals surface area contributed by atoms with Gasteiger partial charge in [0.1, 0.15) is 11.6 Å². The van der Waals surface area contributed by atoms with Crippen LogP contribution in [-0.2, 0) is 4.79 Å². The van der Waals surface area contributed by atoms with Gasteiger partial charge in [0, 0.05) is 43.2 Å². The fourth-order valence-corrected chi connectivity index (χ4v) is 3.47. The Bertz CT molecular complexity index is 807. The standard InChI is InChI=1S/C20H23ClFN3O2.ClH/c1-27-19-5-3-2-4-15(19)18-13-23-9-11-25(18)10-8-20(26)24-17-7-6-14(21)12-16(17)22;/h2-7,12,18,23H,8-11,13H2,1H3,(H,24,26);1H. The molecule has 5 nitrogen and oxygen atoms in total. The number of hydrogen-bond acceptors (Lipinski definition) is 4. The molecule has 2 aromatic carbocycles. The van der Waals surface area contributed by atoms with Crippen molar-refractivity contribution >= 4 is 35.6 Å². The summed E-state index contributed by atoms with van der Waals surface area (Å²) in [7, 11) is 1.66. The second kappa shape index (κ2) is 10.6. The molecular weight excluding hydrogens is 404 g/mol. The number of nitrogens with zero attached hydrogens (tertiary/aromatic N) is 1. The predicted molar refractivity (Wildman–Crippen MR) is 112 cm³/mol. The fourth-order valence-electron chi connectivity index (χ4n) is 3.31. The Morgan fingerprint density at radius 2 is 2.14 bits per heavy atom. The van der Waals surface area contributed by atoms with Crippen LogP contribution in [0.2, 0.25) is 5.02 Å². The molecule has 0 aromatic heterocycles. The second-order valence-electron chi connectivity index (χ2n) is 6.42. The highest BCUT2D eigenvalue weighted by Crippen LogP contribution is 2.30. The number of amides is 1. The number of methoxy groups -OCH3 is 1. The van der Waals surface area contributed by atoms with Crippen LogP contribution in [0.1, 0.15) is 18.0 Å². The summed E-state index contributed by atoms with van der Waals surface area (Å²) in [5.74, 6) is 0.0716. The van der Waals surface area contributed by atoms with Crippen LogP contribution in [0.3, 0.4) is 0 Å². The van der Waals surface area contributed by atoms with E-state index in [1.807, 2.05) is 24.3 Å². The van der Waals surface area contributed by atoms with Gasteiger partial charge in [0.15, 0.2) is 0 Å². The van der Waals surface area contributed by atoms with Crippen LogP contribution >= 0.6 is 24.0 Å². The van der Waals surface area contributed by atoms with Crippen molar-refractivity contribution in [3.05, 3.63) is 58.9 Å². The first-order chi connectivity index (χ1) is 13.1. The molecule has 28 heavy (non-hydrogen) atoms. The summed E-state index contributed by atoms with van der Waals surface area (Å²) in [6, 6.07) is 12.2. The number of piperazine rings is 1. The lowest BCUT2D eigenvalue weighted by atomic mass is 10.0. The van der Waals surface area contributed by atoms with Crippen molar-refractivity contribution in [2.45, 2.75) is 12.5 Å². The van der Waals surface area contributed by atoms with Crippen molar-refractivity contribution < 1.29 is 13.9 Å².